The van der Waals surface area contributed by atoms with Crippen LogP contribution in [-0.4, -0.2) is 21.5 Å². The fraction of sp³-hybridized carbons (Fsp3) is 0.833. The van der Waals surface area contributed by atoms with Gasteiger partial charge in [0, 0.05) is 6.92 Å². The molecule has 2 unspecified atom stereocenters. The average molecular weight is 164 g/mol. The van der Waals surface area contributed by atoms with Crippen molar-refractivity contribution in [1.82, 2.24) is 0 Å². The molecule has 1 aliphatic rings. The van der Waals surface area contributed by atoms with Gasteiger partial charge in [-0.05, 0) is 13.8 Å². The van der Waals surface area contributed by atoms with E-state index in [2.05, 4.69) is 9.99 Å². The number of oxime groups is 1. The summed E-state index contributed by atoms with van der Waals surface area (Å²) in [6.45, 7) is 4.87. The van der Waals surface area contributed by atoms with E-state index >= 15 is 0 Å². The van der Waals surface area contributed by atoms with Gasteiger partial charge in [-0.25, -0.2) is 0 Å². The molecular weight excluding hydrogens is 154 g/mol. The lowest BCUT2D eigenvalue weighted by molar-refractivity contribution is -0.183. The Morgan fingerprint density at radius 2 is 2.10 bits per heavy atom. The highest BCUT2D eigenvalue weighted by Gasteiger charge is 2.51. The van der Waals surface area contributed by atoms with Crippen molar-refractivity contribution in [3.8, 4) is 0 Å². The Morgan fingerprint density at radius 3 is 2.20 bits per heavy atom. The van der Waals surface area contributed by atoms with Gasteiger partial charge in [-0.15, -0.1) is 11.6 Å². The molecule has 3 nitrogen and oxygen atoms in total. The lowest BCUT2D eigenvalue weighted by Gasteiger charge is -2.27. The van der Waals surface area contributed by atoms with Crippen LogP contribution in [0.2, 0.25) is 0 Å². The number of hydrogen-bond donors (Lipinski definition) is 1. The standard InChI is InChI=1S/C6H10ClNO2/c1-4-5(2,7)6(3,9)10-8-4/h9H,1-3H3. The fourth-order valence-electron chi connectivity index (χ4n) is 0.664. The summed E-state index contributed by atoms with van der Waals surface area (Å²) in [5, 5.41) is 13.0. The summed E-state index contributed by atoms with van der Waals surface area (Å²) < 4.78 is 0. The molecule has 0 amide bonds. The first kappa shape index (κ1) is 7.82. The van der Waals surface area contributed by atoms with Gasteiger partial charge >= 0.3 is 0 Å². The highest BCUT2D eigenvalue weighted by molar-refractivity contribution is 6.36. The van der Waals surface area contributed by atoms with Crippen LogP contribution in [0.4, 0.5) is 0 Å². The summed E-state index contributed by atoms with van der Waals surface area (Å²) in [6, 6.07) is 0. The zero-order valence-electron chi connectivity index (χ0n) is 6.18. The van der Waals surface area contributed by atoms with Crippen LogP contribution in [0.3, 0.4) is 0 Å². The molecule has 1 rings (SSSR count). The van der Waals surface area contributed by atoms with Crippen LogP contribution in [0, 0.1) is 0 Å². The van der Waals surface area contributed by atoms with Crippen LogP contribution in [0.25, 0.3) is 0 Å². The number of aliphatic hydroxyl groups is 1. The maximum atomic E-state index is 9.42. The van der Waals surface area contributed by atoms with Gasteiger partial charge in [-0.2, -0.15) is 0 Å². The third-order valence-electron chi connectivity index (χ3n) is 1.91. The first-order chi connectivity index (χ1) is 4.38. The molecule has 1 aliphatic heterocycles. The monoisotopic (exact) mass is 163 g/mol. The first-order valence-corrected chi connectivity index (χ1v) is 3.40. The second-order valence-corrected chi connectivity index (χ2v) is 3.51. The van der Waals surface area contributed by atoms with Crippen molar-refractivity contribution in [2.24, 2.45) is 5.16 Å². The van der Waals surface area contributed by atoms with Gasteiger partial charge in [0.15, 0.2) is 0 Å². The molecule has 0 spiro atoms. The molecule has 0 radical (unpaired) electrons. The van der Waals surface area contributed by atoms with Crippen molar-refractivity contribution < 1.29 is 9.94 Å². The lowest BCUT2D eigenvalue weighted by Crippen LogP contribution is -2.46. The molecule has 1 N–H and O–H groups in total. The maximum absolute atomic E-state index is 9.42. The largest absolute Gasteiger partial charge is 0.358 e. The van der Waals surface area contributed by atoms with Crippen LogP contribution in [-0.2, 0) is 4.84 Å². The van der Waals surface area contributed by atoms with E-state index in [4.69, 9.17) is 11.6 Å². The molecule has 1 heterocycles. The lowest BCUT2D eigenvalue weighted by atomic mass is 9.98. The molecule has 2 atom stereocenters. The van der Waals surface area contributed by atoms with Gasteiger partial charge in [-0.3, -0.25) is 0 Å². The van der Waals surface area contributed by atoms with Crippen LogP contribution >= 0.6 is 11.6 Å². The van der Waals surface area contributed by atoms with Gasteiger partial charge in [0.1, 0.15) is 4.87 Å². The average Bonchev–Trinajstić information content (AvgIpc) is 1.94. The van der Waals surface area contributed by atoms with E-state index in [0.717, 1.165) is 0 Å². The minimum Gasteiger partial charge on any atom is -0.358 e. The Morgan fingerprint density at radius 1 is 1.60 bits per heavy atom. The Kier molecular flexibility index (Phi) is 1.45. The van der Waals surface area contributed by atoms with E-state index in [1.807, 2.05) is 0 Å². The van der Waals surface area contributed by atoms with E-state index in [1.165, 1.54) is 6.92 Å². The summed E-state index contributed by atoms with van der Waals surface area (Å²) in [6.07, 6.45) is 0. The molecule has 0 aromatic heterocycles. The van der Waals surface area contributed by atoms with Gasteiger partial charge in [0.05, 0.1) is 5.71 Å². The normalized spacial score (nSPS) is 46.7. The molecule has 58 valence electrons. The highest BCUT2D eigenvalue weighted by atomic mass is 35.5. The molecule has 0 aromatic rings. The van der Waals surface area contributed by atoms with Gasteiger partial charge in [0.25, 0.3) is 5.79 Å². The SMILES string of the molecule is CC1=NOC(C)(O)C1(C)Cl. The summed E-state index contributed by atoms with van der Waals surface area (Å²) >= 11 is 5.90. The van der Waals surface area contributed by atoms with Crippen LogP contribution in [0.5, 0.6) is 0 Å². The molecule has 0 aromatic carbocycles. The molecule has 0 saturated heterocycles. The number of alkyl halides is 1. The zero-order valence-corrected chi connectivity index (χ0v) is 6.94. The van der Waals surface area contributed by atoms with Crippen molar-refractivity contribution >= 4 is 17.3 Å². The molecule has 0 fully saturated rings. The van der Waals surface area contributed by atoms with E-state index in [-0.39, 0.29) is 0 Å². The molecule has 10 heavy (non-hydrogen) atoms. The second kappa shape index (κ2) is 1.86. The third-order valence-corrected chi connectivity index (χ3v) is 2.54. The summed E-state index contributed by atoms with van der Waals surface area (Å²) in [5.41, 5.74) is 0.596. The molecule has 0 bridgehead atoms. The van der Waals surface area contributed by atoms with E-state index in [1.54, 1.807) is 13.8 Å². The van der Waals surface area contributed by atoms with Crippen molar-refractivity contribution in [1.29, 1.82) is 0 Å². The van der Waals surface area contributed by atoms with Gasteiger partial charge in [0.2, 0.25) is 0 Å². The van der Waals surface area contributed by atoms with Crippen LogP contribution in [0.1, 0.15) is 20.8 Å². The number of hydrogen-bond acceptors (Lipinski definition) is 3. The highest BCUT2D eigenvalue weighted by Crippen LogP contribution is 2.36. The number of halogens is 1. The molecular formula is C6H10ClNO2. The Balaban J connectivity index is 2.96. The second-order valence-electron chi connectivity index (χ2n) is 2.75. The number of nitrogens with zero attached hydrogens (tertiary/aromatic N) is 1. The minimum atomic E-state index is -1.38. The van der Waals surface area contributed by atoms with Crippen LogP contribution < -0.4 is 0 Å². The van der Waals surface area contributed by atoms with Gasteiger partial charge in [-0.1, -0.05) is 5.16 Å². The fourth-order valence-corrected chi connectivity index (χ4v) is 0.733. The van der Waals surface area contributed by atoms with Crippen LogP contribution in [0.15, 0.2) is 5.16 Å². The summed E-state index contributed by atoms with van der Waals surface area (Å²) in [4.78, 5) is 3.78. The first-order valence-electron chi connectivity index (χ1n) is 3.02. The van der Waals surface area contributed by atoms with E-state index < -0.39 is 10.7 Å². The molecule has 0 aliphatic carbocycles. The number of rotatable bonds is 0. The Labute approximate surface area is 64.6 Å². The predicted molar refractivity (Wildman–Crippen MR) is 39.1 cm³/mol. The van der Waals surface area contributed by atoms with Crippen molar-refractivity contribution in [3.63, 3.8) is 0 Å². The van der Waals surface area contributed by atoms with Gasteiger partial charge < -0.3 is 9.94 Å². The quantitative estimate of drug-likeness (QED) is 0.544. The smallest absolute Gasteiger partial charge is 0.256 e. The third kappa shape index (κ3) is 0.812. The van der Waals surface area contributed by atoms with E-state index in [0.29, 0.717) is 5.71 Å². The Hall–Kier alpha value is -0.280. The topological polar surface area (TPSA) is 41.8 Å². The molecule has 4 heteroatoms. The maximum Gasteiger partial charge on any atom is 0.256 e. The predicted octanol–water partition coefficient (Wildman–Crippen LogP) is 1.10. The minimum absolute atomic E-state index is 0.596. The summed E-state index contributed by atoms with van der Waals surface area (Å²) in [7, 11) is 0. The Bertz CT molecular complexity index is 186. The van der Waals surface area contributed by atoms with Crippen molar-refractivity contribution in [2.45, 2.75) is 31.4 Å². The van der Waals surface area contributed by atoms with E-state index in [9.17, 15) is 5.11 Å². The summed E-state index contributed by atoms with van der Waals surface area (Å²) in [5.74, 6) is -1.38. The zero-order chi connectivity index (χ0) is 7.99. The molecule has 0 saturated carbocycles. The van der Waals surface area contributed by atoms with Crippen molar-refractivity contribution in [3.05, 3.63) is 0 Å². The van der Waals surface area contributed by atoms with Crippen molar-refractivity contribution in [2.75, 3.05) is 0 Å².